The summed E-state index contributed by atoms with van der Waals surface area (Å²) in [6.45, 7) is 3.58. The minimum Gasteiger partial charge on any atom is -0.339 e. The molecule has 1 fully saturated rings. The lowest BCUT2D eigenvalue weighted by molar-refractivity contribution is -0.130. The summed E-state index contributed by atoms with van der Waals surface area (Å²) in [6, 6.07) is 1.62. The molecule has 7 nitrogen and oxygen atoms in total. The molecule has 0 radical (unpaired) electrons. The summed E-state index contributed by atoms with van der Waals surface area (Å²) in [4.78, 5) is 13.2. The van der Waals surface area contributed by atoms with Crippen LogP contribution in [0.3, 0.4) is 0 Å². The zero-order valence-corrected chi connectivity index (χ0v) is 10.5. The van der Waals surface area contributed by atoms with Crippen LogP contribution in [0, 0.1) is 11.3 Å². The fraction of sp³-hybridized carbons (Fsp3) is 0.778. The van der Waals surface area contributed by atoms with Gasteiger partial charge in [0.2, 0.25) is 15.9 Å². The van der Waals surface area contributed by atoms with Crippen LogP contribution in [-0.2, 0) is 14.8 Å². The van der Waals surface area contributed by atoms with Crippen LogP contribution in [0.25, 0.3) is 0 Å². The van der Waals surface area contributed by atoms with Crippen LogP contribution in [0.4, 0.5) is 0 Å². The average Bonchev–Trinajstić information content (AvgIpc) is 2.36. The van der Waals surface area contributed by atoms with Gasteiger partial charge in [-0.05, 0) is 6.92 Å². The zero-order valence-electron chi connectivity index (χ0n) is 9.64. The van der Waals surface area contributed by atoms with Crippen LogP contribution in [0.15, 0.2) is 0 Å². The van der Waals surface area contributed by atoms with E-state index in [9.17, 15) is 13.2 Å². The van der Waals surface area contributed by atoms with Gasteiger partial charge in [-0.1, -0.05) is 0 Å². The molecule has 1 amide bonds. The van der Waals surface area contributed by atoms with Crippen molar-refractivity contribution in [2.75, 3.05) is 32.7 Å². The molecule has 96 valence electrons. The number of carbonyl (C=O) groups is 1. The molecule has 2 N–H and O–H groups in total. The van der Waals surface area contributed by atoms with Gasteiger partial charge in [0.25, 0.3) is 0 Å². The van der Waals surface area contributed by atoms with E-state index in [1.165, 1.54) is 6.92 Å². The molecule has 0 saturated carbocycles. The number of hydrogen-bond acceptors (Lipinski definition) is 5. The summed E-state index contributed by atoms with van der Waals surface area (Å²) in [7, 11) is -3.72. The predicted octanol–water partition coefficient (Wildman–Crippen LogP) is -1.75. The van der Waals surface area contributed by atoms with Crippen LogP contribution in [0.2, 0.25) is 0 Å². The third-order valence-electron chi connectivity index (χ3n) is 2.54. The third-order valence-corrected chi connectivity index (χ3v) is 4.12. The van der Waals surface area contributed by atoms with Gasteiger partial charge in [-0.3, -0.25) is 4.79 Å². The van der Waals surface area contributed by atoms with Crippen molar-refractivity contribution in [1.29, 1.82) is 5.26 Å². The van der Waals surface area contributed by atoms with Crippen LogP contribution < -0.4 is 10.0 Å². The van der Waals surface area contributed by atoms with Gasteiger partial charge in [0, 0.05) is 26.2 Å². The van der Waals surface area contributed by atoms with Crippen molar-refractivity contribution in [2.45, 2.75) is 12.2 Å². The van der Waals surface area contributed by atoms with Gasteiger partial charge in [0.1, 0.15) is 0 Å². The second kappa shape index (κ2) is 5.95. The van der Waals surface area contributed by atoms with E-state index in [1.54, 1.807) is 11.0 Å². The van der Waals surface area contributed by atoms with Gasteiger partial charge in [0.05, 0.1) is 12.6 Å². The number of nitrogens with one attached hydrogen (secondary N) is 2. The lowest BCUT2D eigenvalue weighted by Crippen LogP contribution is -2.50. The lowest BCUT2D eigenvalue weighted by Gasteiger charge is -2.27. The van der Waals surface area contributed by atoms with Gasteiger partial charge in [0.15, 0.2) is 5.25 Å². The molecule has 1 aliphatic heterocycles. The third kappa shape index (κ3) is 3.96. The summed E-state index contributed by atoms with van der Waals surface area (Å²) in [5.41, 5.74) is 0. The van der Waals surface area contributed by atoms with Gasteiger partial charge in [-0.15, -0.1) is 0 Å². The van der Waals surface area contributed by atoms with Crippen molar-refractivity contribution in [2.24, 2.45) is 0 Å². The molecule has 1 rings (SSSR count). The maximum atomic E-state index is 11.6. The fourth-order valence-electron chi connectivity index (χ4n) is 1.38. The number of amides is 1. The summed E-state index contributed by atoms with van der Waals surface area (Å²) in [5.74, 6) is -0.264. The van der Waals surface area contributed by atoms with Gasteiger partial charge in [-0.25, -0.2) is 13.1 Å². The largest absolute Gasteiger partial charge is 0.339 e. The summed E-state index contributed by atoms with van der Waals surface area (Å²) < 4.78 is 25.0. The normalized spacial score (nSPS) is 18.5. The second-order valence-electron chi connectivity index (χ2n) is 3.77. The maximum Gasteiger partial charge on any atom is 0.237 e. The van der Waals surface area contributed by atoms with E-state index in [2.05, 4.69) is 10.0 Å². The van der Waals surface area contributed by atoms with Crippen molar-refractivity contribution >= 4 is 15.9 Å². The smallest absolute Gasteiger partial charge is 0.237 e. The summed E-state index contributed by atoms with van der Waals surface area (Å²) in [6.07, 6.45) is 0. The topological polar surface area (TPSA) is 102 Å². The molecule has 17 heavy (non-hydrogen) atoms. The number of hydrogen-bond donors (Lipinski definition) is 2. The first-order valence-corrected chi connectivity index (χ1v) is 6.88. The quantitative estimate of drug-likeness (QED) is 0.624. The highest BCUT2D eigenvalue weighted by Gasteiger charge is 2.23. The van der Waals surface area contributed by atoms with E-state index in [1.807, 2.05) is 0 Å². The number of rotatable bonds is 4. The van der Waals surface area contributed by atoms with Crippen molar-refractivity contribution in [3.63, 3.8) is 0 Å². The van der Waals surface area contributed by atoms with E-state index in [0.717, 1.165) is 0 Å². The molecular formula is C9H16N4O3S. The number of nitriles is 1. The molecule has 0 bridgehead atoms. The second-order valence-corrected chi connectivity index (χ2v) is 5.85. The summed E-state index contributed by atoms with van der Waals surface area (Å²) in [5, 5.41) is 10.5. The molecule has 0 aliphatic carbocycles. The Morgan fingerprint density at radius 3 is 2.65 bits per heavy atom. The molecule has 1 aliphatic rings. The molecule has 1 saturated heterocycles. The van der Waals surface area contributed by atoms with Crippen LogP contribution in [-0.4, -0.2) is 57.2 Å². The highest BCUT2D eigenvalue weighted by Crippen LogP contribution is 1.97. The highest BCUT2D eigenvalue weighted by atomic mass is 32.2. The van der Waals surface area contributed by atoms with Crippen molar-refractivity contribution < 1.29 is 13.2 Å². The Labute approximate surface area is 101 Å². The van der Waals surface area contributed by atoms with E-state index in [0.29, 0.717) is 26.2 Å². The zero-order chi connectivity index (χ0) is 12.9. The van der Waals surface area contributed by atoms with Crippen molar-refractivity contribution in [3.05, 3.63) is 0 Å². The molecule has 0 spiro atoms. The average molecular weight is 260 g/mol. The first-order valence-electron chi connectivity index (χ1n) is 5.34. The maximum absolute atomic E-state index is 11.6. The van der Waals surface area contributed by atoms with E-state index >= 15 is 0 Å². The Kier molecular flexibility index (Phi) is 4.86. The lowest BCUT2D eigenvalue weighted by atomic mass is 10.3. The van der Waals surface area contributed by atoms with Gasteiger partial charge < -0.3 is 10.2 Å². The minimum atomic E-state index is -3.72. The number of carbonyl (C=O) groups excluding carboxylic acids is 1. The first-order chi connectivity index (χ1) is 7.97. The van der Waals surface area contributed by atoms with E-state index in [-0.39, 0.29) is 12.5 Å². The Balaban J connectivity index is 2.45. The number of nitrogens with zero attached hydrogens (tertiary/aromatic N) is 2. The molecule has 0 aromatic carbocycles. The van der Waals surface area contributed by atoms with Gasteiger partial charge >= 0.3 is 0 Å². The number of sulfonamides is 1. The molecular weight excluding hydrogens is 244 g/mol. The van der Waals surface area contributed by atoms with E-state index in [4.69, 9.17) is 5.26 Å². The van der Waals surface area contributed by atoms with Crippen molar-refractivity contribution in [3.8, 4) is 6.07 Å². The molecule has 1 unspecified atom stereocenters. The first kappa shape index (κ1) is 13.9. The standard InChI is InChI=1S/C9H16N4O3S/c1-8(6-10)17(15,16)12-7-9(14)13-4-2-11-3-5-13/h8,11-12H,2-5,7H2,1H3. The molecule has 0 aromatic heterocycles. The molecule has 1 atom stereocenters. The van der Waals surface area contributed by atoms with E-state index < -0.39 is 15.3 Å². The predicted molar refractivity (Wildman–Crippen MR) is 61.4 cm³/mol. The molecule has 8 heteroatoms. The van der Waals surface area contributed by atoms with Crippen LogP contribution in [0.5, 0.6) is 0 Å². The summed E-state index contributed by atoms with van der Waals surface area (Å²) >= 11 is 0. The Bertz CT molecular complexity index is 408. The van der Waals surface area contributed by atoms with Crippen molar-refractivity contribution in [1.82, 2.24) is 14.9 Å². The van der Waals surface area contributed by atoms with Crippen LogP contribution >= 0.6 is 0 Å². The Morgan fingerprint density at radius 1 is 1.53 bits per heavy atom. The van der Waals surface area contributed by atoms with Crippen LogP contribution in [0.1, 0.15) is 6.92 Å². The Hall–Kier alpha value is -1.17. The fourth-order valence-corrected chi connectivity index (χ4v) is 2.10. The monoisotopic (exact) mass is 260 g/mol. The minimum absolute atomic E-state index is 0.264. The SMILES string of the molecule is CC(C#N)S(=O)(=O)NCC(=O)N1CCNCC1. The highest BCUT2D eigenvalue weighted by molar-refractivity contribution is 7.90. The number of piperazine rings is 1. The molecule has 1 heterocycles. The Morgan fingerprint density at radius 2 is 2.12 bits per heavy atom. The molecule has 0 aromatic rings. The van der Waals surface area contributed by atoms with Gasteiger partial charge in [-0.2, -0.15) is 5.26 Å².